The van der Waals surface area contributed by atoms with Crippen LogP contribution in [-0.2, 0) is 4.79 Å². The number of para-hydroxylation sites is 1. The number of amides is 1. The highest BCUT2D eigenvalue weighted by atomic mass is 16.2. The van der Waals surface area contributed by atoms with Crippen molar-refractivity contribution >= 4 is 11.6 Å². The fraction of sp³-hybridized carbons (Fsp3) is 0.462. The van der Waals surface area contributed by atoms with Crippen LogP contribution < -0.4 is 10.2 Å². The summed E-state index contributed by atoms with van der Waals surface area (Å²) in [6.45, 7) is 1.86. The Morgan fingerprint density at radius 1 is 1.38 bits per heavy atom. The van der Waals surface area contributed by atoms with E-state index >= 15 is 0 Å². The highest BCUT2D eigenvalue weighted by Gasteiger charge is 2.24. The molecule has 0 radical (unpaired) electrons. The number of carbonyl (C=O) groups is 1. The third kappa shape index (κ3) is 2.42. The highest BCUT2D eigenvalue weighted by molar-refractivity contribution is 5.94. The molecular formula is C13H18N2O. The van der Waals surface area contributed by atoms with Crippen molar-refractivity contribution in [3.05, 3.63) is 30.3 Å². The standard InChI is InChI=1S/C13H18N2O/c1-15(12-7-3-2-4-8-12)13(16)11-6-5-9-14-10-11/h2-4,7-8,11,14H,5-6,9-10H2,1H3/t11-/m0/s1. The number of rotatable bonds is 2. The third-order valence-corrected chi connectivity index (χ3v) is 3.12. The summed E-state index contributed by atoms with van der Waals surface area (Å²) in [4.78, 5) is 13.9. The lowest BCUT2D eigenvalue weighted by atomic mass is 9.98. The molecule has 1 amide bonds. The van der Waals surface area contributed by atoms with Crippen LogP contribution in [0.2, 0.25) is 0 Å². The molecule has 1 aliphatic rings. The maximum Gasteiger partial charge on any atom is 0.231 e. The van der Waals surface area contributed by atoms with Gasteiger partial charge in [-0.25, -0.2) is 0 Å². The number of hydrogen-bond acceptors (Lipinski definition) is 2. The molecule has 0 spiro atoms. The Morgan fingerprint density at radius 3 is 2.75 bits per heavy atom. The monoisotopic (exact) mass is 218 g/mol. The molecule has 0 bridgehead atoms. The largest absolute Gasteiger partial charge is 0.316 e. The van der Waals surface area contributed by atoms with Crippen LogP contribution in [0.25, 0.3) is 0 Å². The van der Waals surface area contributed by atoms with Crippen molar-refractivity contribution in [1.82, 2.24) is 5.32 Å². The van der Waals surface area contributed by atoms with Gasteiger partial charge in [0.2, 0.25) is 5.91 Å². The van der Waals surface area contributed by atoms with E-state index in [1.807, 2.05) is 37.4 Å². The molecule has 1 aromatic rings. The maximum atomic E-state index is 12.2. The average Bonchev–Trinajstić information content (AvgIpc) is 2.39. The molecule has 1 aromatic carbocycles. The van der Waals surface area contributed by atoms with Crippen LogP contribution in [0.3, 0.4) is 0 Å². The number of benzene rings is 1. The number of hydrogen-bond donors (Lipinski definition) is 1. The van der Waals surface area contributed by atoms with Crippen LogP contribution in [0, 0.1) is 5.92 Å². The molecule has 1 heterocycles. The SMILES string of the molecule is CN(C(=O)[C@H]1CCCNC1)c1ccccc1. The first-order chi connectivity index (χ1) is 7.79. The molecule has 1 atom stereocenters. The van der Waals surface area contributed by atoms with Crippen molar-refractivity contribution in [1.29, 1.82) is 0 Å². The smallest absolute Gasteiger partial charge is 0.231 e. The van der Waals surface area contributed by atoms with E-state index in [0.717, 1.165) is 31.6 Å². The third-order valence-electron chi connectivity index (χ3n) is 3.12. The first-order valence-corrected chi connectivity index (χ1v) is 5.82. The van der Waals surface area contributed by atoms with E-state index in [0.29, 0.717) is 0 Å². The molecule has 0 aliphatic carbocycles. The van der Waals surface area contributed by atoms with Crippen molar-refractivity contribution in [2.45, 2.75) is 12.8 Å². The Bertz CT molecular complexity index is 344. The van der Waals surface area contributed by atoms with Gasteiger partial charge < -0.3 is 10.2 Å². The zero-order valence-electron chi connectivity index (χ0n) is 9.65. The van der Waals surface area contributed by atoms with E-state index in [-0.39, 0.29) is 11.8 Å². The molecule has 2 rings (SSSR count). The van der Waals surface area contributed by atoms with Gasteiger partial charge in [-0.3, -0.25) is 4.79 Å². The maximum absolute atomic E-state index is 12.2. The summed E-state index contributed by atoms with van der Waals surface area (Å²) >= 11 is 0. The normalized spacial score (nSPS) is 20.4. The average molecular weight is 218 g/mol. The first-order valence-electron chi connectivity index (χ1n) is 5.82. The van der Waals surface area contributed by atoms with Gasteiger partial charge in [-0.05, 0) is 31.5 Å². The fourth-order valence-corrected chi connectivity index (χ4v) is 2.12. The predicted molar refractivity (Wildman–Crippen MR) is 65.4 cm³/mol. The Labute approximate surface area is 96.5 Å². The van der Waals surface area contributed by atoms with Gasteiger partial charge in [-0.2, -0.15) is 0 Å². The predicted octanol–water partition coefficient (Wildman–Crippen LogP) is 1.65. The summed E-state index contributed by atoms with van der Waals surface area (Å²) in [6, 6.07) is 9.81. The minimum Gasteiger partial charge on any atom is -0.316 e. The molecule has 1 fully saturated rings. The van der Waals surface area contributed by atoms with E-state index in [9.17, 15) is 4.79 Å². The number of nitrogens with zero attached hydrogens (tertiary/aromatic N) is 1. The quantitative estimate of drug-likeness (QED) is 0.818. The minimum absolute atomic E-state index is 0.138. The van der Waals surface area contributed by atoms with Gasteiger partial charge in [0, 0.05) is 19.3 Å². The molecule has 0 unspecified atom stereocenters. The van der Waals surface area contributed by atoms with Crippen LogP contribution >= 0.6 is 0 Å². The summed E-state index contributed by atoms with van der Waals surface area (Å²) in [5, 5.41) is 3.27. The summed E-state index contributed by atoms with van der Waals surface area (Å²) in [6.07, 6.45) is 2.10. The zero-order chi connectivity index (χ0) is 11.4. The van der Waals surface area contributed by atoms with E-state index in [1.54, 1.807) is 4.90 Å². The van der Waals surface area contributed by atoms with E-state index < -0.39 is 0 Å². The molecule has 1 N–H and O–H groups in total. The Morgan fingerprint density at radius 2 is 2.12 bits per heavy atom. The zero-order valence-corrected chi connectivity index (χ0v) is 9.65. The summed E-state index contributed by atoms with van der Waals surface area (Å²) < 4.78 is 0. The lowest BCUT2D eigenvalue weighted by Gasteiger charge is -2.27. The molecule has 3 heteroatoms. The van der Waals surface area contributed by atoms with E-state index in [1.165, 1.54) is 0 Å². The molecule has 86 valence electrons. The number of anilines is 1. The van der Waals surface area contributed by atoms with Crippen LogP contribution in [0.5, 0.6) is 0 Å². The van der Waals surface area contributed by atoms with Gasteiger partial charge >= 0.3 is 0 Å². The van der Waals surface area contributed by atoms with Crippen LogP contribution in [0.1, 0.15) is 12.8 Å². The molecule has 1 saturated heterocycles. The number of nitrogens with one attached hydrogen (secondary N) is 1. The fourth-order valence-electron chi connectivity index (χ4n) is 2.12. The second-order valence-corrected chi connectivity index (χ2v) is 4.28. The van der Waals surface area contributed by atoms with Crippen LogP contribution in [0.4, 0.5) is 5.69 Å². The van der Waals surface area contributed by atoms with Crippen LogP contribution in [0.15, 0.2) is 30.3 Å². The number of carbonyl (C=O) groups excluding carboxylic acids is 1. The molecule has 16 heavy (non-hydrogen) atoms. The Balaban J connectivity index is 2.04. The van der Waals surface area contributed by atoms with Crippen molar-refractivity contribution < 1.29 is 4.79 Å². The Kier molecular flexibility index (Phi) is 3.57. The molecule has 0 aromatic heterocycles. The minimum atomic E-state index is 0.138. The van der Waals surface area contributed by atoms with Gasteiger partial charge in [0.15, 0.2) is 0 Å². The van der Waals surface area contributed by atoms with Crippen molar-refractivity contribution in [2.75, 3.05) is 25.0 Å². The van der Waals surface area contributed by atoms with E-state index in [2.05, 4.69) is 5.32 Å². The second-order valence-electron chi connectivity index (χ2n) is 4.28. The molecule has 1 aliphatic heterocycles. The van der Waals surface area contributed by atoms with Crippen molar-refractivity contribution in [3.63, 3.8) is 0 Å². The second kappa shape index (κ2) is 5.12. The molecule has 3 nitrogen and oxygen atoms in total. The Hall–Kier alpha value is -1.35. The van der Waals surface area contributed by atoms with Crippen molar-refractivity contribution in [2.24, 2.45) is 5.92 Å². The molecule has 0 saturated carbocycles. The number of piperidine rings is 1. The van der Waals surface area contributed by atoms with Crippen LogP contribution in [-0.4, -0.2) is 26.0 Å². The van der Waals surface area contributed by atoms with Crippen molar-refractivity contribution in [3.8, 4) is 0 Å². The van der Waals surface area contributed by atoms with Gasteiger partial charge in [0.25, 0.3) is 0 Å². The van der Waals surface area contributed by atoms with Gasteiger partial charge in [0.05, 0.1) is 5.92 Å². The lowest BCUT2D eigenvalue weighted by Crippen LogP contribution is -2.41. The van der Waals surface area contributed by atoms with Gasteiger partial charge in [0.1, 0.15) is 0 Å². The van der Waals surface area contributed by atoms with E-state index in [4.69, 9.17) is 0 Å². The topological polar surface area (TPSA) is 32.3 Å². The van der Waals surface area contributed by atoms with Gasteiger partial charge in [-0.15, -0.1) is 0 Å². The lowest BCUT2D eigenvalue weighted by molar-refractivity contribution is -0.122. The highest BCUT2D eigenvalue weighted by Crippen LogP contribution is 2.18. The summed E-state index contributed by atoms with van der Waals surface area (Å²) in [5.41, 5.74) is 0.970. The van der Waals surface area contributed by atoms with Gasteiger partial charge in [-0.1, -0.05) is 18.2 Å². The summed E-state index contributed by atoms with van der Waals surface area (Å²) in [5.74, 6) is 0.359. The first kappa shape index (κ1) is 11.1. The molecular weight excluding hydrogens is 200 g/mol. The summed E-state index contributed by atoms with van der Waals surface area (Å²) in [7, 11) is 1.85.